The molecule has 1 amide bonds. The van der Waals surface area contributed by atoms with Gasteiger partial charge in [-0.05, 0) is 31.2 Å². The number of benzene rings is 2. The molecule has 0 aliphatic carbocycles. The van der Waals surface area contributed by atoms with E-state index in [0.29, 0.717) is 11.1 Å². The fourth-order valence-corrected chi connectivity index (χ4v) is 1.77. The molecule has 2 aromatic rings. The van der Waals surface area contributed by atoms with Crippen molar-refractivity contribution in [2.75, 3.05) is 11.9 Å². The van der Waals surface area contributed by atoms with Gasteiger partial charge in [0.2, 0.25) is 0 Å². The fraction of sp³-hybridized carbons (Fsp3) is 0.111. The van der Waals surface area contributed by atoms with Gasteiger partial charge in [-0.15, -0.1) is 0 Å². The Balaban J connectivity index is 2.11. The van der Waals surface area contributed by atoms with Crippen LogP contribution in [-0.2, 0) is 4.79 Å². The molecule has 3 nitrogen and oxygen atoms in total. The molecular weight excluding hydrogens is 262 g/mol. The molecule has 2 rings (SSSR count). The van der Waals surface area contributed by atoms with Crippen molar-refractivity contribution in [3.05, 3.63) is 65.7 Å². The van der Waals surface area contributed by atoms with Crippen LogP contribution in [0.1, 0.15) is 22.8 Å². The molecule has 0 bridgehead atoms. The first-order valence-corrected chi connectivity index (χ1v) is 6.53. The van der Waals surface area contributed by atoms with Gasteiger partial charge in [-0.3, -0.25) is 9.59 Å². The number of hydrogen-bond donors (Lipinski definition) is 0. The van der Waals surface area contributed by atoms with Crippen molar-refractivity contribution in [2.24, 2.45) is 0 Å². The first kappa shape index (κ1) is 14.5. The standard InChI is InChI=1S/C18H15NO2/c1-14(20)16-11-8-15(9-12-16)10-13-18(21)19(2)17-6-4-3-5-7-17/h3-9,11-12H,1-2H3. The Morgan fingerprint density at radius 2 is 1.57 bits per heavy atom. The summed E-state index contributed by atoms with van der Waals surface area (Å²) in [6.45, 7) is 1.51. The topological polar surface area (TPSA) is 37.4 Å². The maximum Gasteiger partial charge on any atom is 0.302 e. The van der Waals surface area contributed by atoms with Crippen molar-refractivity contribution < 1.29 is 9.59 Å². The zero-order chi connectivity index (χ0) is 15.2. The highest BCUT2D eigenvalue weighted by molar-refractivity contribution is 6.05. The minimum absolute atomic E-state index is 0.00870. The van der Waals surface area contributed by atoms with E-state index in [1.807, 2.05) is 30.3 Å². The minimum atomic E-state index is -0.281. The van der Waals surface area contributed by atoms with Crippen molar-refractivity contribution in [3.8, 4) is 11.8 Å². The summed E-state index contributed by atoms with van der Waals surface area (Å²) in [6, 6.07) is 16.2. The predicted molar refractivity (Wildman–Crippen MR) is 83.2 cm³/mol. The largest absolute Gasteiger partial charge is 0.305 e. The van der Waals surface area contributed by atoms with Crippen LogP contribution in [0.25, 0.3) is 0 Å². The van der Waals surface area contributed by atoms with Gasteiger partial charge in [0, 0.05) is 29.8 Å². The molecular formula is C18H15NO2. The van der Waals surface area contributed by atoms with Gasteiger partial charge in [0.1, 0.15) is 0 Å². The van der Waals surface area contributed by atoms with Crippen molar-refractivity contribution in [2.45, 2.75) is 6.92 Å². The summed E-state index contributed by atoms with van der Waals surface area (Å²) in [5.74, 6) is 5.13. The van der Waals surface area contributed by atoms with Crippen molar-refractivity contribution in [1.82, 2.24) is 0 Å². The summed E-state index contributed by atoms with van der Waals surface area (Å²) in [6.07, 6.45) is 0. The van der Waals surface area contributed by atoms with Crippen LogP contribution in [0, 0.1) is 11.8 Å². The van der Waals surface area contributed by atoms with Gasteiger partial charge in [0.25, 0.3) is 0 Å². The van der Waals surface area contributed by atoms with E-state index in [0.717, 1.165) is 5.69 Å². The summed E-state index contributed by atoms with van der Waals surface area (Å²) in [4.78, 5) is 24.7. The Kier molecular flexibility index (Phi) is 4.53. The Bertz CT molecular complexity index is 706. The molecule has 0 aliphatic heterocycles. The molecule has 0 heterocycles. The predicted octanol–water partition coefficient (Wildman–Crippen LogP) is 2.90. The molecule has 104 valence electrons. The molecule has 0 aromatic heterocycles. The molecule has 21 heavy (non-hydrogen) atoms. The van der Waals surface area contributed by atoms with Crippen LogP contribution in [0.2, 0.25) is 0 Å². The number of carbonyl (C=O) groups excluding carboxylic acids is 2. The Morgan fingerprint density at radius 3 is 2.14 bits per heavy atom. The molecule has 0 aliphatic rings. The zero-order valence-electron chi connectivity index (χ0n) is 12.0. The van der Waals surface area contributed by atoms with Crippen LogP contribution >= 0.6 is 0 Å². The van der Waals surface area contributed by atoms with Gasteiger partial charge >= 0.3 is 5.91 Å². The lowest BCUT2D eigenvalue weighted by Gasteiger charge is -2.13. The Labute approximate surface area is 124 Å². The van der Waals surface area contributed by atoms with Crippen LogP contribution in [0.15, 0.2) is 54.6 Å². The summed E-state index contributed by atoms with van der Waals surface area (Å²) >= 11 is 0. The van der Waals surface area contributed by atoms with E-state index in [2.05, 4.69) is 11.8 Å². The monoisotopic (exact) mass is 277 g/mol. The molecule has 0 fully saturated rings. The highest BCUT2D eigenvalue weighted by Gasteiger charge is 2.06. The first-order valence-electron chi connectivity index (χ1n) is 6.53. The number of rotatable bonds is 2. The second-order valence-corrected chi connectivity index (χ2v) is 4.58. The van der Waals surface area contributed by atoms with E-state index in [1.165, 1.54) is 11.8 Å². The van der Waals surface area contributed by atoms with E-state index >= 15 is 0 Å². The van der Waals surface area contributed by atoms with E-state index in [4.69, 9.17) is 0 Å². The lowest BCUT2D eigenvalue weighted by molar-refractivity contribution is -0.113. The third-order valence-corrected chi connectivity index (χ3v) is 3.05. The highest BCUT2D eigenvalue weighted by atomic mass is 16.2. The van der Waals surface area contributed by atoms with Crippen LogP contribution in [-0.4, -0.2) is 18.7 Å². The number of Topliss-reactive ketones (excluding diaryl/α,β-unsaturated/α-hetero) is 1. The third kappa shape index (κ3) is 3.80. The zero-order valence-corrected chi connectivity index (χ0v) is 12.0. The van der Waals surface area contributed by atoms with Gasteiger partial charge in [-0.2, -0.15) is 0 Å². The molecule has 0 saturated heterocycles. The number of anilines is 1. The molecule has 0 radical (unpaired) electrons. The van der Waals surface area contributed by atoms with E-state index in [-0.39, 0.29) is 11.7 Å². The lowest BCUT2D eigenvalue weighted by atomic mass is 10.1. The van der Waals surface area contributed by atoms with Crippen LogP contribution in [0.5, 0.6) is 0 Å². The van der Waals surface area contributed by atoms with Crippen molar-refractivity contribution >= 4 is 17.4 Å². The van der Waals surface area contributed by atoms with Crippen molar-refractivity contribution in [3.63, 3.8) is 0 Å². The van der Waals surface area contributed by atoms with Crippen LogP contribution < -0.4 is 4.90 Å². The minimum Gasteiger partial charge on any atom is -0.305 e. The maximum absolute atomic E-state index is 12.0. The molecule has 0 atom stereocenters. The quantitative estimate of drug-likeness (QED) is 0.625. The molecule has 3 heteroatoms. The van der Waals surface area contributed by atoms with Gasteiger partial charge in [0.15, 0.2) is 5.78 Å². The Morgan fingerprint density at radius 1 is 0.952 bits per heavy atom. The van der Waals surface area contributed by atoms with Crippen LogP contribution in [0.3, 0.4) is 0 Å². The van der Waals surface area contributed by atoms with Gasteiger partial charge in [-0.25, -0.2) is 0 Å². The summed E-state index contributed by atoms with van der Waals surface area (Å²) in [5.41, 5.74) is 2.13. The van der Waals surface area contributed by atoms with Gasteiger partial charge in [-0.1, -0.05) is 36.3 Å². The molecule has 0 saturated carbocycles. The maximum atomic E-state index is 12.0. The van der Waals surface area contributed by atoms with E-state index < -0.39 is 0 Å². The average molecular weight is 277 g/mol. The lowest BCUT2D eigenvalue weighted by Crippen LogP contribution is -2.24. The first-order chi connectivity index (χ1) is 10.1. The second-order valence-electron chi connectivity index (χ2n) is 4.58. The molecule has 0 spiro atoms. The summed E-state index contributed by atoms with van der Waals surface area (Å²) < 4.78 is 0. The molecule has 0 N–H and O–H groups in total. The highest BCUT2D eigenvalue weighted by Crippen LogP contribution is 2.10. The average Bonchev–Trinajstić information content (AvgIpc) is 2.53. The third-order valence-electron chi connectivity index (χ3n) is 3.05. The summed E-state index contributed by atoms with van der Waals surface area (Å²) in [7, 11) is 1.69. The number of ketones is 1. The van der Waals surface area contributed by atoms with Gasteiger partial charge in [0.05, 0.1) is 0 Å². The second kappa shape index (κ2) is 6.53. The fourth-order valence-electron chi connectivity index (χ4n) is 1.77. The van der Waals surface area contributed by atoms with Crippen LogP contribution in [0.4, 0.5) is 5.69 Å². The number of amides is 1. The van der Waals surface area contributed by atoms with E-state index in [9.17, 15) is 9.59 Å². The number of para-hydroxylation sites is 1. The van der Waals surface area contributed by atoms with Crippen molar-refractivity contribution in [1.29, 1.82) is 0 Å². The smallest absolute Gasteiger partial charge is 0.302 e. The summed E-state index contributed by atoms with van der Waals surface area (Å²) in [5, 5.41) is 0. The normalized spacial score (nSPS) is 9.43. The Hall–Kier alpha value is -2.86. The van der Waals surface area contributed by atoms with Gasteiger partial charge < -0.3 is 4.90 Å². The van der Waals surface area contributed by atoms with E-state index in [1.54, 1.807) is 31.3 Å². The number of carbonyl (C=O) groups is 2. The number of nitrogens with zero attached hydrogens (tertiary/aromatic N) is 1. The molecule has 2 aromatic carbocycles. The SMILES string of the molecule is CC(=O)c1ccc(C#CC(=O)N(C)c2ccccc2)cc1. The molecule has 0 unspecified atom stereocenters. The number of hydrogen-bond acceptors (Lipinski definition) is 2.